The SMILES string of the molecule is CN=C(/C=C(\N)[C@H]1CN(C)C(=O)[C@@H]1C(=O)Nc1cccc(F)c1C(C)(F)F)C(C)(F)F. The van der Waals surface area contributed by atoms with Crippen molar-refractivity contribution in [3.05, 3.63) is 41.4 Å². The van der Waals surface area contributed by atoms with Gasteiger partial charge in [-0.25, -0.2) is 13.2 Å². The molecule has 0 aromatic heterocycles. The Morgan fingerprint density at radius 2 is 1.90 bits per heavy atom. The Bertz CT molecular complexity index is 934. The maximum atomic E-state index is 14.0. The number of halogens is 5. The quantitative estimate of drug-likeness (QED) is 0.400. The number of rotatable bonds is 6. The Morgan fingerprint density at radius 1 is 1.29 bits per heavy atom. The molecule has 1 aliphatic heterocycles. The first-order valence-corrected chi connectivity index (χ1v) is 9.23. The smallest absolute Gasteiger partial charge is 0.286 e. The fraction of sp³-hybridized carbons (Fsp3) is 0.450. The molecule has 0 saturated carbocycles. The largest absolute Gasteiger partial charge is 0.402 e. The van der Waals surface area contributed by atoms with Crippen LogP contribution in [-0.4, -0.2) is 49.0 Å². The summed E-state index contributed by atoms with van der Waals surface area (Å²) >= 11 is 0. The van der Waals surface area contributed by atoms with Crippen LogP contribution < -0.4 is 11.1 Å². The normalized spacial score (nSPS) is 20.9. The Hall–Kier alpha value is -2.98. The molecule has 170 valence electrons. The van der Waals surface area contributed by atoms with E-state index in [2.05, 4.69) is 10.3 Å². The van der Waals surface area contributed by atoms with Crippen molar-refractivity contribution >= 4 is 23.2 Å². The molecule has 0 radical (unpaired) electrons. The van der Waals surface area contributed by atoms with Crippen LogP contribution in [0.2, 0.25) is 0 Å². The summed E-state index contributed by atoms with van der Waals surface area (Å²) in [6.45, 7) is 1.02. The van der Waals surface area contributed by atoms with Gasteiger partial charge in [0.05, 0.1) is 11.3 Å². The molecule has 0 bridgehead atoms. The molecule has 3 N–H and O–H groups in total. The van der Waals surface area contributed by atoms with Gasteiger partial charge in [0.1, 0.15) is 17.4 Å². The Labute approximate surface area is 176 Å². The number of benzene rings is 1. The summed E-state index contributed by atoms with van der Waals surface area (Å²) in [5, 5.41) is 2.17. The Morgan fingerprint density at radius 3 is 2.42 bits per heavy atom. The summed E-state index contributed by atoms with van der Waals surface area (Å²) in [5.74, 6) is -12.3. The van der Waals surface area contributed by atoms with Gasteiger partial charge in [-0.15, -0.1) is 0 Å². The maximum Gasteiger partial charge on any atom is 0.286 e. The minimum Gasteiger partial charge on any atom is -0.402 e. The average molecular weight is 446 g/mol. The number of hydrogen-bond acceptors (Lipinski definition) is 4. The molecule has 0 unspecified atom stereocenters. The monoisotopic (exact) mass is 446 g/mol. The number of nitrogens with one attached hydrogen (secondary N) is 1. The summed E-state index contributed by atoms with van der Waals surface area (Å²) in [6.07, 6.45) is 0.894. The van der Waals surface area contributed by atoms with E-state index in [0.29, 0.717) is 13.8 Å². The van der Waals surface area contributed by atoms with Gasteiger partial charge in [0.2, 0.25) is 11.8 Å². The summed E-state index contributed by atoms with van der Waals surface area (Å²) < 4.78 is 69.0. The molecule has 1 fully saturated rings. The maximum absolute atomic E-state index is 14.0. The number of aliphatic imine (C=N–C) groups is 1. The van der Waals surface area contributed by atoms with Gasteiger partial charge in [-0.05, 0) is 18.2 Å². The predicted octanol–water partition coefficient (Wildman–Crippen LogP) is 3.15. The molecule has 6 nitrogen and oxygen atoms in total. The zero-order valence-electron chi connectivity index (χ0n) is 17.3. The van der Waals surface area contributed by atoms with Crippen LogP contribution in [0.3, 0.4) is 0 Å². The third kappa shape index (κ3) is 5.20. The molecule has 0 aliphatic carbocycles. The predicted molar refractivity (Wildman–Crippen MR) is 105 cm³/mol. The van der Waals surface area contributed by atoms with E-state index < -0.39 is 58.3 Å². The fourth-order valence-corrected chi connectivity index (χ4v) is 3.43. The van der Waals surface area contributed by atoms with Crippen LogP contribution >= 0.6 is 0 Å². The van der Waals surface area contributed by atoms with E-state index >= 15 is 0 Å². The van der Waals surface area contributed by atoms with E-state index in [1.54, 1.807) is 0 Å². The molecule has 1 aliphatic rings. The van der Waals surface area contributed by atoms with E-state index in [4.69, 9.17) is 5.73 Å². The second-order valence-electron chi connectivity index (χ2n) is 7.48. The molecule has 2 rings (SSSR count). The summed E-state index contributed by atoms with van der Waals surface area (Å²) in [4.78, 5) is 30.0. The van der Waals surface area contributed by atoms with Gasteiger partial charge < -0.3 is 16.0 Å². The van der Waals surface area contributed by atoms with Crippen molar-refractivity contribution in [2.75, 3.05) is 26.0 Å². The van der Waals surface area contributed by atoms with Gasteiger partial charge in [-0.1, -0.05) is 6.07 Å². The minimum atomic E-state index is -3.61. The molecular formula is C20H23F5N4O2. The Kier molecular flexibility index (Phi) is 6.77. The van der Waals surface area contributed by atoms with Crippen LogP contribution in [0.5, 0.6) is 0 Å². The highest BCUT2D eigenvalue weighted by molar-refractivity contribution is 6.09. The highest BCUT2D eigenvalue weighted by atomic mass is 19.3. The lowest BCUT2D eigenvalue weighted by atomic mass is 9.90. The van der Waals surface area contributed by atoms with E-state index in [9.17, 15) is 31.5 Å². The zero-order valence-corrected chi connectivity index (χ0v) is 17.3. The highest BCUT2D eigenvalue weighted by Gasteiger charge is 2.45. The number of carbonyl (C=O) groups is 2. The Balaban J connectivity index is 2.41. The lowest BCUT2D eigenvalue weighted by Crippen LogP contribution is -2.36. The molecule has 2 atom stereocenters. The topological polar surface area (TPSA) is 87.8 Å². The molecule has 1 heterocycles. The van der Waals surface area contributed by atoms with Crippen molar-refractivity contribution in [1.82, 2.24) is 4.90 Å². The van der Waals surface area contributed by atoms with Gasteiger partial charge in [0.25, 0.3) is 11.8 Å². The molecule has 31 heavy (non-hydrogen) atoms. The number of hydrogen-bond donors (Lipinski definition) is 2. The first kappa shape index (κ1) is 24.3. The summed E-state index contributed by atoms with van der Waals surface area (Å²) in [6, 6.07) is 3.02. The number of allylic oxidation sites excluding steroid dienone is 1. The van der Waals surface area contributed by atoms with Crippen LogP contribution in [-0.2, 0) is 15.5 Å². The van der Waals surface area contributed by atoms with Crippen LogP contribution in [0.4, 0.5) is 27.6 Å². The number of alkyl halides is 4. The van der Waals surface area contributed by atoms with Gasteiger partial charge in [-0.3, -0.25) is 14.6 Å². The van der Waals surface area contributed by atoms with Gasteiger partial charge >= 0.3 is 0 Å². The number of nitrogens with zero attached hydrogens (tertiary/aromatic N) is 2. The summed E-state index contributed by atoms with van der Waals surface area (Å²) in [7, 11) is 2.52. The summed E-state index contributed by atoms with van der Waals surface area (Å²) in [5.41, 5.74) is 3.55. The zero-order chi connectivity index (χ0) is 23.7. The lowest BCUT2D eigenvalue weighted by Gasteiger charge is -2.21. The van der Waals surface area contributed by atoms with E-state index in [-0.39, 0.29) is 12.2 Å². The average Bonchev–Trinajstić information content (AvgIpc) is 2.92. The highest BCUT2D eigenvalue weighted by Crippen LogP contribution is 2.36. The molecule has 1 aromatic carbocycles. The molecule has 1 saturated heterocycles. The van der Waals surface area contributed by atoms with E-state index in [1.165, 1.54) is 11.9 Å². The van der Waals surface area contributed by atoms with Crippen molar-refractivity contribution < 1.29 is 31.5 Å². The van der Waals surface area contributed by atoms with Crippen molar-refractivity contribution in [3.8, 4) is 0 Å². The number of carbonyl (C=O) groups excluding carboxylic acids is 2. The van der Waals surface area contributed by atoms with Gasteiger partial charge in [0.15, 0.2) is 0 Å². The molecule has 11 heteroatoms. The molecule has 1 aromatic rings. The van der Waals surface area contributed by atoms with Gasteiger partial charge in [-0.2, -0.15) is 8.78 Å². The number of amides is 2. The van der Waals surface area contributed by atoms with Crippen LogP contribution in [0.25, 0.3) is 0 Å². The van der Waals surface area contributed by atoms with E-state index in [0.717, 1.165) is 31.3 Å². The first-order valence-electron chi connectivity index (χ1n) is 9.23. The second-order valence-corrected chi connectivity index (χ2v) is 7.48. The first-order chi connectivity index (χ1) is 14.2. The van der Waals surface area contributed by atoms with Crippen molar-refractivity contribution in [2.45, 2.75) is 25.7 Å². The third-order valence-electron chi connectivity index (χ3n) is 4.93. The van der Waals surface area contributed by atoms with Crippen molar-refractivity contribution in [2.24, 2.45) is 22.6 Å². The van der Waals surface area contributed by atoms with Crippen LogP contribution in [0.1, 0.15) is 19.4 Å². The van der Waals surface area contributed by atoms with Crippen LogP contribution in [0.15, 0.2) is 35.0 Å². The van der Waals surface area contributed by atoms with Crippen LogP contribution in [0, 0.1) is 17.7 Å². The number of anilines is 1. The molecule has 0 spiro atoms. The standard InChI is InChI=1S/C20H23F5N4O2/c1-19(22,23)14(27-3)8-12(26)10-9-29(4)18(31)15(10)17(30)28-13-7-5-6-11(21)16(13)20(2,24)25/h5-8,10,15H,9,26H2,1-4H3,(H,28,30)/b12-8-,27-14?/t10-,15+/m1/s1. The second kappa shape index (κ2) is 8.64. The molecular weight excluding hydrogens is 423 g/mol. The van der Waals surface area contributed by atoms with E-state index in [1.807, 2.05) is 0 Å². The van der Waals surface area contributed by atoms with Crippen molar-refractivity contribution in [3.63, 3.8) is 0 Å². The minimum absolute atomic E-state index is 0.0640. The lowest BCUT2D eigenvalue weighted by molar-refractivity contribution is -0.135. The molecule has 2 amide bonds. The fourth-order valence-electron chi connectivity index (χ4n) is 3.43. The number of likely N-dealkylation sites (tertiary alicyclic amines) is 1. The number of nitrogens with two attached hydrogens (primary N) is 1. The third-order valence-corrected chi connectivity index (χ3v) is 4.93. The van der Waals surface area contributed by atoms with Crippen molar-refractivity contribution in [1.29, 1.82) is 0 Å². The van der Waals surface area contributed by atoms with Gasteiger partial charge in [0, 0.05) is 46.1 Å².